The molecule has 1 atom stereocenters. The Balaban J connectivity index is 2.13. The van der Waals surface area contributed by atoms with Crippen LogP contribution in [-0.4, -0.2) is 76.8 Å². The van der Waals surface area contributed by atoms with Crippen LogP contribution >= 0.6 is 0 Å². The highest BCUT2D eigenvalue weighted by Gasteiger charge is 2.24. The molecule has 1 aliphatic heterocycles. The first-order chi connectivity index (χ1) is 11.6. The van der Waals surface area contributed by atoms with Crippen molar-refractivity contribution in [3.63, 3.8) is 0 Å². The van der Waals surface area contributed by atoms with Gasteiger partial charge in [-0.05, 0) is 19.3 Å². The molecule has 1 rings (SSSR count). The molecule has 0 aromatic heterocycles. The third-order valence-electron chi connectivity index (χ3n) is 5.27. The van der Waals surface area contributed by atoms with Crippen LogP contribution in [0.15, 0.2) is 0 Å². The van der Waals surface area contributed by atoms with Gasteiger partial charge in [-0.1, -0.05) is 57.8 Å². The molecule has 0 aromatic rings. The number of aliphatic hydroxyl groups is 1. The highest BCUT2D eigenvalue weighted by molar-refractivity contribution is 6.82. The molecule has 1 fully saturated rings. The minimum Gasteiger partial charge on any atom is -0.389 e. The predicted molar refractivity (Wildman–Crippen MR) is 115 cm³/mol. The maximum absolute atomic E-state index is 10.3. The van der Waals surface area contributed by atoms with E-state index in [0.717, 1.165) is 32.7 Å². The zero-order valence-electron chi connectivity index (χ0n) is 17.8. The first-order valence-electron chi connectivity index (χ1n) is 10.4. The van der Waals surface area contributed by atoms with Crippen molar-refractivity contribution < 1.29 is 9.84 Å². The molecule has 0 bridgehead atoms. The number of aliphatic hydroxyl groups excluding tert-OH is 1. The summed E-state index contributed by atoms with van der Waals surface area (Å²) >= 11 is 0. The van der Waals surface area contributed by atoms with Crippen molar-refractivity contribution in [3.8, 4) is 0 Å². The standard InChI is InChI=1S/C19H44N2O2Si2/c1-7-20(21-11-8-9-12-21)17-19(22)18-23-13-10-14-25(5,6)16-15-24(2,3)4/h19,22H,7-18H2,1-6H3. The molecule has 1 aliphatic rings. The van der Waals surface area contributed by atoms with E-state index in [4.69, 9.17) is 4.74 Å². The quantitative estimate of drug-likeness (QED) is 0.380. The molecule has 0 saturated carbocycles. The van der Waals surface area contributed by atoms with E-state index < -0.39 is 16.1 Å². The SMILES string of the molecule is CCN(CC(O)COCCC[Si](C)(C)CC[Si](C)(C)C)N1CCCC1. The van der Waals surface area contributed by atoms with Crippen LogP contribution in [0, 0.1) is 0 Å². The van der Waals surface area contributed by atoms with Gasteiger partial charge < -0.3 is 9.84 Å². The second kappa shape index (κ2) is 11.2. The summed E-state index contributed by atoms with van der Waals surface area (Å²) in [5, 5.41) is 14.9. The van der Waals surface area contributed by atoms with Gasteiger partial charge in [-0.3, -0.25) is 0 Å². The van der Waals surface area contributed by atoms with Gasteiger partial charge in [0.15, 0.2) is 0 Å². The second-order valence-electron chi connectivity index (χ2n) is 9.72. The number of hydrogen-bond acceptors (Lipinski definition) is 4. The van der Waals surface area contributed by atoms with Gasteiger partial charge in [-0.25, -0.2) is 10.0 Å². The highest BCUT2D eigenvalue weighted by Crippen LogP contribution is 2.24. The fourth-order valence-corrected chi connectivity index (χ4v) is 10.5. The normalized spacial score (nSPS) is 18.2. The van der Waals surface area contributed by atoms with Crippen LogP contribution in [0.3, 0.4) is 0 Å². The summed E-state index contributed by atoms with van der Waals surface area (Å²) in [6.45, 7) is 19.9. The molecule has 0 radical (unpaired) electrons. The second-order valence-corrected chi connectivity index (χ2v) is 20.7. The smallest absolute Gasteiger partial charge is 0.0914 e. The number of ether oxygens (including phenoxy) is 1. The van der Waals surface area contributed by atoms with Crippen molar-refractivity contribution in [2.75, 3.05) is 39.4 Å². The van der Waals surface area contributed by atoms with Gasteiger partial charge in [0.05, 0.1) is 12.7 Å². The van der Waals surface area contributed by atoms with Crippen molar-refractivity contribution in [1.82, 2.24) is 10.0 Å². The molecule has 0 amide bonds. The molecule has 1 heterocycles. The van der Waals surface area contributed by atoms with Crippen molar-refractivity contribution in [2.45, 2.75) is 83.2 Å². The number of nitrogens with zero attached hydrogens (tertiary/aromatic N) is 2. The Kier molecular flexibility index (Phi) is 10.4. The lowest BCUT2D eigenvalue weighted by atomic mass is 10.3. The van der Waals surface area contributed by atoms with Crippen molar-refractivity contribution in [3.05, 3.63) is 0 Å². The van der Waals surface area contributed by atoms with E-state index in [0.29, 0.717) is 13.2 Å². The third-order valence-corrected chi connectivity index (χ3v) is 10.8. The largest absolute Gasteiger partial charge is 0.389 e. The Hall–Kier alpha value is 0.274. The Morgan fingerprint density at radius 2 is 1.68 bits per heavy atom. The molecule has 1 N–H and O–H groups in total. The number of hydrazine groups is 1. The molecule has 6 heteroatoms. The van der Waals surface area contributed by atoms with E-state index in [1.165, 1.54) is 31.0 Å². The van der Waals surface area contributed by atoms with E-state index in [-0.39, 0.29) is 6.10 Å². The first-order valence-corrected chi connectivity index (χ1v) is 17.5. The van der Waals surface area contributed by atoms with E-state index >= 15 is 0 Å². The van der Waals surface area contributed by atoms with Crippen molar-refractivity contribution in [2.24, 2.45) is 0 Å². The maximum Gasteiger partial charge on any atom is 0.0914 e. The summed E-state index contributed by atoms with van der Waals surface area (Å²) < 4.78 is 5.78. The summed E-state index contributed by atoms with van der Waals surface area (Å²) in [4.78, 5) is 0. The molecule has 1 unspecified atom stereocenters. The summed E-state index contributed by atoms with van der Waals surface area (Å²) in [5.74, 6) is 0. The fourth-order valence-electron chi connectivity index (χ4n) is 3.43. The lowest BCUT2D eigenvalue weighted by Gasteiger charge is -2.32. The zero-order chi connectivity index (χ0) is 18.9. The van der Waals surface area contributed by atoms with Crippen LogP contribution in [0.1, 0.15) is 26.2 Å². The van der Waals surface area contributed by atoms with E-state index in [1.807, 2.05) is 0 Å². The number of likely N-dealkylation sites (N-methyl/N-ethyl adjacent to an activating group) is 1. The summed E-state index contributed by atoms with van der Waals surface area (Å²) in [5.41, 5.74) is 0. The molecular formula is C19H44N2O2Si2. The first kappa shape index (κ1) is 23.3. The van der Waals surface area contributed by atoms with Crippen LogP contribution < -0.4 is 0 Å². The number of hydrogen-bond donors (Lipinski definition) is 1. The monoisotopic (exact) mass is 388 g/mol. The summed E-state index contributed by atoms with van der Waals surface area (Å²) in [7, 11) is -1.97. The van der Waals surface area contributed by atoms with Gasteiger partial charge in [0.25, 0.3) is 0 Å². The predicted octanol–water partition coefficient (Wildman–Crippen LogP) is 4.13. The Morgan fingerprint density at radius 3 is 2.24 bits per heavy atom. The van der Waals surface area contributed by atoms with Gasteiger partial charge in [-0.15, -0.1) is 0 Å². The third kappa shape index (κ3) is 10.9. The lowest BCUT2D eigenvalue weighted by Crippen LogP contribution is -2.45. The molecule has 4 nitrogen and oxygen atoms in total. The Morgan fingerprint density at radius 1 is 1.04 bits per heavy atom. The van der Waals surface area contributed by atoms with Crippen LogP contribution in [0.2, 0.25) is 50.9 Å². The molecule has 0 spiro atoms. The molecule has 0 aromatic carbocycles. The Labute approximate surface area is 158 Å². The minimum atomic E-state index is -1.06. The molecule has 0 aliphatic carbocycles. The zero-order valence-corrected chi connectivity index (χ0v) is 19.8. The molecule has 1 saturated heterocycles. The summed E-state index contributed by atoms with van der Waals surface area (Å²) in [6.07, 6.45) is 3.33. The van der Waals surface area contributed by atoms with E-state index in [9.17, 15) is 5.11 Å². The van der Waals surface area contributed by atoms with E-state index in [1.54, 1.807) is 0 Å². The van der Waals surface area contributed by atoms with Crippen LogP contribution in [0.5, 0.6) is 0 Å². The van der Waals surface area contributed by atoms with Gasteiger partial charge in [0, 0.05) is 48.9 Å². The highest BCUT2D eigenvalue weighted by atomic mass is 28.3. The van der Waals surface area contributed by atoms with Crippen LogP contribution in [0.25, 0.3) is 0 Å². The lowest BCUT2D eigenvalue weighted by molar-refractivity contribution is -0.0542. The van der Waals surface area contributed by atoms with Gasteiger partial charge in [0.1, 0.15) is 0 Å². The molecule has 150 valence electrons. The van der Waals surface area contributed by atoms with Crippen molar-refractivity contribution in [1.29, 1.82) is 0 Å². The van der Waals surface area contributed by atoms with Gasteiger partial charge >= 0.3 is 0 Å². The summed E-state index contributed by atoms with van der Waals surface area (Å²) in [6, 6.07) is 4.28. The minimum absolute atomic E-state index is 0.377. The molecule has 25 heavy (non-hydrogen) atoms. The average molecular weight is 389 g/mol. The fraction of sp³-hybridized carbons (Fsp3) is 1.00. The van der Waals surface area contributed by atoms with Gasteiger partial charge in [0.2, 0.25) is 0 Å². The van der Waals surface area contributed by atoms with Gasteiger partial charge in [-0.2, -0.15) is 0 Å². The molecular weight excluding hydrogens is 344 g/mol. The number of rotatable bonds is 13. The maximum atomic E-state index is 10.3. The van der Waals surface area contributed by atoms with Crippen LogP contribution in [-0.2, 0) is 4.74 Å². The van der Waals surface area contributed by atoms with Crippen molar-refractivity contribution >= 4 is 16.1 Å². The van der Waals surface area contributed by atoms with E-state index in [2.05, 4.69) is 49.7 Å². The van der Waals surface area contributed by atoms with Crippen LogP contribution in [0.4, 0.5) is 0 Å². The Bertz CT molecular complexity index is 356. The average Bonchev–Trinajstić information content (AvgIpc) is 3.04. The topological polar surface area (TPSA) is 35.9 Å².